The van der Waals surface area contributed by atoms with Gasteiger partial charge in [0.2, 0.25) is 5.91 Å². The number of benzene rings is 2. The number of fused-ring (bicyclic) bond motifs is 6. The van der Waals surface area contributed by atoms with E-state index in [2.05, 4.69) is 16.3 Å². The van der Waals surface area contributed by atoms with Crippen molar-refractivity contribution in [3.05, 3.63) is 65.4 Å². The van der Waals surface area contributed by atoms with Gasteiger partial charge in [0.05, 0.1) is 24.1 Å². The van der Waals surface area contributed by atoms with Crippen LogP contribution in [0.15, 0.2) is 48.5 Å². The first-order valence-corrected chi connectivity index (χ1v) is 11.9. The molecule has 3 aromatic rings. The maximum absolute atomic E-state index is 13.4. The highest BCUT2D eigenvalue weighted by Crippen LogP contribution is 2.44. The molecule has 0 radical (unpaired) electrons. The fourth-order valence-corrected chi connectivity index (χ4v) is 5.47. The summed E-state index contributed by atoms with van der Waals surface area (Å²) in [5.41, 5.74) is 4.60. The summed E-state index contributed by atoms with van der Waals surface area (Å²) in [4.78, 5) is 42.9. The van der Waals surface area contributed by atoms with E-state index in [-0.39, 0.29) is 30.4 Å². The monoisotopic (exact) mass is 474 g/mol. The van der Waals surface area contributed by atoms with Crippen LogP contribution in [-0.2, 0) is 27.3 Å². The van der Waals surface area contributed by atoms with Gasteiger partial charge in [-0.2, -0.15) is 0 Å². The van der Waals surface area contributed by atoms with Crippen LogP contribution in [0.4, 0.5) is 5.69 Å². The van der Waals surface area contributed by atoms with Crippen LogP contribution in [0, 0.1) is 5.92 Å². The second-order valence-corrected chi connectivity index (χ2v) is 9.53. The number of esters is 1. The molecule has 0 bridgehead atoms. The lowest BCUT2D eigenvalue weighted by atomic mass is 9.96. The number of rotatable bonds is 5. The van der Waals surface area contributed by atoms with E-state index in [0.717, 1.165) is 27.8 Å². The van der Waals surface area contributed by atoms with Gasteiger partial charge >= 0.3 is 5.97 Å². The van der Waals surface area contributed by atoms with Crippen molar-refractivity contribution >= 4 is 34.4 Å². The third-order valence-corrected chi connectivity index (χ3v) is 7.14. The van der Waals surface area contributed by atoms with Crippen LogP contribution in [0.1, 0.15) is 41.6 Å². The minimum Gasteiger partial charge on any atom is -0.467 e. The van der Waals surface area contributed by atoms with Crippen molar-refractivity contribution in [3.63, 3.8) is 0 Å². The van der Waals surface area contributed by atoms with Crippen LogP contribution in [0.5, 0.6) is 0 Å². The lowest BCUT2D eigenvalue weighted by Crippen LogP contribution is -2.52. The number of anilines is 1. The largest absolute Gasteiger partial charge is 0.467 e. The van der Waals surface area contributed by atoms with Gasteiger partial charge in [0, 0.05) is 24.5 Å². The van der Waals surface area contributed by atoms with Crippen molar-refractivity contribution in [2.24, 2.45) is 5.92 Å². The van der Waals surface area contributed by atoms with Crippen molar-refractivity contribution in [3.8, 4) is 0 Å². The molecule has 8 heteroatoms. The zero-order chi connectivity index (χ0) is 24.9. The molecule has 5 rings (SSSR count). The molecule has 182 valence electrons. The van der Waals surface area contributed by atoms with E-state index < -0.39 is 12.0 Å². The maximum Gasteiger partial charge on any atom is 0.328 e. The average Bonchev–Trinajstić information content (AvgIpc) is 3.18. The van der Waals surface area contributed by atoms with Crippen LogP contribution in [0.3, 0.4) is 0 Å². The Hall–Kier alpha value is -3.81. The highest BCUT2D eigenvalue weighted by molar-refractivity contribution is 6.02. The maximum atomic E-state index is 13.4. The summed E-state index contributed by atoms with van der Waals surface area (Å²) in [6.45, 7) is 4.37. The number of hydrogen-bond donors (Lipinski definition) is 1. The molecule has 1 unspecified atom stereocenters. The van der Waals surface area contributed by atoms with E-state index in [4.69, 9.17) is 4.74 Å². The Balaban J connectivity index is 1.59. The van der Waals surface area contributed by atoms with Crippen LogP contribution in [0.2, 0.25) is 0 Å². The van der Waals surface area contributed by atoms with Gasteiger partial charge in [-0.1, -0.05) is 44.2 Å². The fraction of sp³-hybridized carbons (Fsp3) is 0.370. The van der Waals surface area contributed by atoms with E-state index >= 15 is 0 Å². The number of nitrogens with zero attached hydrogens (tertiary/aromatic N) is 3. The quantitative estimate of drug-likeness (QED) is 0.575. The minimum atomic E-state index is -0.729. The standard InChI is InChI=1S/C27H30N4O4/c1-16(2)23(27(34)35-4)28-22(32)15-31-21-12-8-5-9-17(21)18-13-14-30-25(24(18)31)29(3)20-11-7-6-10-19(20)26(30)33/h5-12,16,23,25H,13-15H2,1-4H3,(H,28,32)/t23-,25?/m0/s1. The second kappa shape index (κ2) is 8.76. The fourth-order valence-electron chi connectivity index (χ4n) is 5.47. The molecule has 2 aliphatic heterocycles. The summed E-state index contributed by atoms with van der Waals surface area (Å²) >= 11 is 0. The van der Waals surface area contributed by atoms with Gasteiger partial charge in [-0.05, 0) is 36.1 Å². The minimum absolute atomic E-state index is 0.00108. The summed E-state index contributed by atoms with van der Waals surface area (Å²) in [6, 6.07) is 14.9. The van der Waals surface area contributed by atoms with Crippen molar-refractivity contribution in [2.45, 2.75) is 39.0 Å². The Morgan fingerprint density at radius 1 is 1.11 bits per heavy atom. The molecule has 35 heavy (non-hydrogen) atoms. The van der Waals surface area contributed by atoms with Crippen LogP contribution in [0.25, 0.3) is 10.9 Å². The lowest BCUT2D eigenvalue weighted by Gasteiger charge is -2.46. The van der Waals surface area contributed by atoms with Crippen LogP contribution in [-0.4, -0.2) is 54.0 Å². The Morgan fingerprint density at radius 3 is 2.57 bits per heavy atom. The number of hydrogen-bond acceptors (Lipinski definition) is 5. The molecule has 2 aliphatic rings. The second-order valence-electron chi connectivity index (χ2n) is 9.53. The summed E-state index contributed by atoms with van der Waals surface area (Å²) in [5.74, 6) is -0.856. The van der Waals surface area contributed by atoms with Gasteiger partial charge in [-0.15, -0.1) is 0 Å². The molecule has 0 saturated carbocycles. The van der Waals surface area contributed by atoms with Gasteiger partial charge in [-0.25, -0.2) is 4.79 Å². The third kappa shape index (κ3) is 3.64. The van der Waals surface area contributed by atoms with E-state index in [0.29, 0.717) is 18.5 Å². The Kier molecular flexibility index (Phi) is 5.75. The van der Waals surface area contributed by atoms with Gasteiger partial charge < -0.3 is 24.4 Å². The summed E-state index contributed by atoms with van der Waals surface area (Å²) in [6.07, 6.45) is 0.377. The third-order valence-electron chi connectivity index (χ3n) is 7.14. The predicted octanol–water partition coefficient (Wildman–Crippen LogP) is 3.10. The van der Waals surface area contributed by atoms with Crippen molar-refractivity contribution < 1.29 is 19.1 Å². The summed E-state index contributed by atoms with van der Waals surface area (Å²) in [5, 5.41) is 3.94. The topological polar surface area (TPSA) is 83.9 Å². The summed E-state index contributed by atoms with van der Waals surface area (Å²) in [7, 11) is 3.31. The van der Waals surface area contributed by atoms with Gasteiger partial charge in [0.1, 0.15) is 18.8 Å². The normalized spacial score (nSPS) is 17.6. The van der Waals surface area contributed by atoms with E-state index in [1.54, 1.807) is 0 Å². The van der Waals surface area contributed by atoms with Crippen molar-refractivity contribution in [1.29, 1.82) is 0 Å². The first-order valence-electron chi connectivity index (χ1n) is 11.9. The molecular weight excluding hydrogens is 444 g/mol. The molecule has 0 saturated heterocycles. The molecule has 2 atom stereocenters. The highest BCUT2D eigenvalue weighted by Gasteiger charge is 2.43. The van der Waals surface area contributed by atoms with Crippen molar-refractivity contribution in [2.75, 3.05) is 25.6 Å². The van der Waals surface area contributed by atoms with Gasteiger partial charge in [0.15, 0.2) is 0 Å². The number of ether oxygens (including phenoxy) is 1. The molecule has 3 heterocycles. The lowest BCUT2D eigenvalue weighted by molar-refractivity contribution is -0.146. The number of amides is 2. The summed E-state index contributed by atoms with van der Waals surface area (Å²) < 4.78 is 6.89. The number of para-hydroxylation sites is 2. The number of carbonyl (C=O) groups is 3. The Labute approximate surface area is 204 Å². The molecule has 0 aliphatic carbocycles. The molecule has 1 N–H and O–H groups in total. The van der Waals surface area contributed by atoms with Crippen LogP contribution < -0.4 is 10.2 Å². The number of methoxy groups -OCH3 is 1. The molecule has 0 spiro atoms. The SMILES string of the molecule is COC(=O)[C@@H](NC(=O)Cn1c2c(c3ccccc31)CCN1C(=O)c3ccccc3N(C)C21)C(C)C. The van der Waals surface area contributed by atoms with E-state index in [1.165, 1.54) is 7.11 Å². The zero-order valence-corrected chi connectivity index (χ0v) is 20.4. The van der Waals surface area contributed by atoms with Crippen molar-refractivity contribution in [1.82, 2.24) is 14.8 Å². The van der Waals surface area contributed by atoms with Gasteiger partial charge in [-0.3, -0.25) is 9.59 Å². The van der Waals surface area contributed by atoms with E-state index in [1.807, 2.05) is 72.8 Å². The molecule has 0 fully saturated rings. The smallest absolute Gasteiger partial charge is 0.328 e. The highest BCUT2D eigenvalue weighted by atomic mass is 16.5. The van der Waals surface area contributed by atoms with Gasteiger partial charge in [0.25, 0.3) is 5.91 Å². The Bertz CT molecular complexity index is 1330. The Morgan fingerprint density at radius 2 is 1.83 bits per heavy atom. The predicted molar refractivity (Wildman–Crippen MR) is 133 cm³/mol. The molecule has 2 aromatic carbocycles. The molecule has 8 nitrogen and oxygen atoms in total. The molecular formula is C27H30N4O4. The number of aromatic nitrogens is 1. The number of carbonyl (C=O) groups excluding carboxylic acids is 3. The number of nitrogens with one attached hydrogen (secondary N) is 1. The molecule has 2 amide bonds. The first-order chi connectivity index (χ1) is 16.8. The average molecular weight is 475 g/mol. The van der Waals surface area contributed by atoms with Crippen LogP contribution >= 0.6 is 0 Å². The zero-order valence-electron chi connectivity index (χ0n) is 20.4. The molecule has 1 aromatic heterocycles. The first kappa shape index (κ1) is 23.0. The van der Waals surface area contributed by atoms with E-state index in [9.17, 15) is 14.4 Å².